The van der Waals surface area contributed by atoms with E-state index in [-0.39, 0.29) is 10.8 Å². The molecule has 0 unspecified atom stereocenters. The van der Waals surface area contributed by atoms with E-state index in [4.69, 9.17) is 0 Å². The summed E-state index contributed by atoms with van der Waals surface area (Å²) in [5.74, 6) is 0. The van der Waals surface area contributed by atoms with Crippen molar-refractivity contribution < 1.29 is 0 Å². The van der Waals surface area contributed by atoms with Gasteiger partial charge in [-0.2, -0.15) is 0 Å². The lowest BCUT2D eigenvalue weighted by atomic mass is 9.67. The second-order valence-electron chi connectivity index (χ2n) is 12.5. The zero-order valence-electron chi connectivity index (χ0n) is 23.2. The molecular formula is C38H33N. The van der Waals surface area contributed by atoms with Crippen LogP contribution in [0.4, 0.5) is 11.4 Å². The third-order valence-electron chi connectivity index (χ3n) is 9.60. The Morgan fingerprint density at radius 1 is 0.615 bits per heavy atom. The summed E-state index contributed by atoms with van der Waals surface area (Å²) < 4.78 is 0. The number of allylic oxidation sites excluding steroid dienone is 3. The van der Waals surface area contributed by atoms with Gasteiger partial charge in [-0.15, -0.1) is 0 Å². The van der Waals surface area contributed by atoms with E-state index in [1.807, 2.05) is 0 Å². The highest BCUT2D eigenvalue weighted by Crippen LogP contribution is 2.62. The Labute approximate surface area is 231 Å². The second-order valence-corrected chi connectivity index (χ2v) is 12.5. The predicted molar refractivity (Wildman–Crippen MR) is 166 cm³/mol. The van der Waals surface area contributed by atoms with Crippen LogP contribution in [-0.2, 0) is 10.8 Å². The van der Waals surface area contributed by atoms with Crippen LogP contribution in [0.25, 0.3) is 32.7 Å². The smallest absolute Gasteiger partial charge is 0.0549 e. The van der Waals surface area contributed by atoms with E-state index >= 15 is 0 Å². The van der Waals surface area contributed by atoms with E-state index in [0.717, 1.165) is 12.8 Å². The van der Waals surface area contributed by atoms with Crippen molar-refractivity contribution in [3.8, 4) is 11.1 Å². The standard InChI is InChI=1S/C38H33N/c1-37(2)28-20-13-21-29-34(28)36-31(38(29,3)4)23-32(33-27-19-12-11-14-24(27)22-30(37)35(33)36)39(25-15-7-5-8-16-25)26-17-9-6-10-18-26/h5,7-9,11-23H,6,10H2,1-4H3. The van der Waals surface area contributed by atoms with E-state index in [0.29, 0.717) is 0 Å². The number of hydrogen-bond acceptors (Lipinski definition) is 1. The van der Waals surface area contributed by atoms with E-state index in [1.54, 1.807) is 0 Å². The molecule has 0 amide bonds. The molecule has 0 fully saturated rings. The highest BCUT2D eigenvalue weighted by atomic mass is 15.1. The highest BCUT2D eigenvalue weighted by molar-refractivity contribution is 6.23. The summed E-state index contributed by atoms with van der Waals surface area (Å²) in [6.45, 7) is 9.69. The SMILES string of the molecule is CC1(C)c2cccc3c2-c2c1cc(N(C1=CCCC=C1)c1ccccc1)c1c2c(cc2ccccc21)C3(C)C. The normalized spacial score (nSPS) is 17.5. The first-order valence-corrected chi connectivity index (χ1v) is 14.3. The molecule has 0 heterocycles. The summed E-state index contributed by atoms with van der Waals surface area (Å²) >= 11 is 0. The fourth-order valence-corrected chi connectivity index (χ4v) is 7.63. The molecule has 0 bridgehead atoms. The molecule has 5 aromatic carbocycles. The van der Waals surface area contributed by atoms with Gasteiger partial charge in [0.15, 0.2) is 0 Å². The van der Waals surface area contributed by atoms with Crippen molar-refractivity contribution in [2.45, 2.75) is 51.4 Å². The van der Waals surface area contributed by atoms with Gasteiger partial charge in [0, 0.05) is 27.6 Å². The third kappa shape index (κ3) is 2.91. The first-order valence-electron chi connectivity index (χ1n) is 14.3. The summed E-state index contributed by atoms with van der Waals surface area (Å²) in [7, 11) is 0. The summed E-state index contributed by atoms with van der Waals surface area (Å²) in [4.78, 5) is 2.52. The van der Waals surface area contributed by atoms with Gasteiger partial charge >= 0.3 is 0 Å². The van der Waals surface area contributed by atoms with Crippen molar-refractivity contribution >= 4 is 32.9 Å². The number of fused-ring (bicyclic) bond motifs is 2. The van der Waals surface area contributed by atoms with Crippen LogP contribution in [-0.4, -0.2) is 0 Å². The molecule has 0 aromatic heterocycles. The highest BCUT2D eigenvalue weighted by Gasteiger charge is 2.45. The van der Waals surface area contributed by atoms with Gasteiger partial charge in [0.1, 0.15) is 0 Å². The Bertz CT molecular complexity index is 1900. The Morgan fingerprint density at radius 2 is 1.33 bits per heavy atom. The summed E-state index contributed by atoms with van der Waals surface area (Å²) in [5.41, 5.74) is 12.3. The summed E-state index contributed by atoms with van der Waals surface area (Å²) in [5, 5.41) is 5.46. The first-order chi connectivity index (χ1) is 18.9. The fourth-order valence-electron chi connectivity index (χ4n) is 7.63. The van der Waals surface area contributed by atoms with Crippen LogP contribution in [0.5, 0.6) is 0 Å². The molecule has 0 saturated carbocycles. The van der Waals surface area contributed by atoms with Gasteiger partial charge in [0.05, 0.1) is 5.69 Å². The Hall–Kier alpha value is -4.10. The summed E-state index contributed by atoms with van der Waals surface area (Å²) in [6.07, 6.45) is 9.21. The van der Waals surface area contributed by atoms with Crippen molar-refractivity contribution in [3.05, 3.63) is 131 Å². The number of anilines is 2. The molecule has 3 aliphatic carbocycles. The minimum absolute atomic E-state index is 0.0773. The average molecular weight is 504 g/mol. The first kappa shape index (κ1) is 22.8. The molecule has 0 spiro atoms. The van der Waals surface area contributed by atoms with Gasteiger partial charge in [0.2, 0.25) is 0 Å². The lowest BCUT2D eigenvalue weighted by Gasteiger charge is -2.37. The molecule has 1 heteroatoms. The van der Waals surface area contributed by atoms with Crippen LogP contribution in [0.1, 0.15) is 62.8 Å². The fraction of sp³-hybridized carbons (Fsp3) is 0.211. The van der Waals surface area contributed by atoms with Gasteiger partial charge < -0.3 is 4.90 Å². The number of para-hydroxylation sites is 1. The monoisotopic (exact) mass is 503 g/mol. The molecule has 8 rings (SSSR count). The van der Waals surface area contributed by atoms with E-state index in [1.165, 1.54) is 72.0 Å². The molecule has 3 aliphatic rings. The molecule has 0 atom stereocenters. The van der Waals surface area contributed by atoms with Gasteiger partial charge in [-0.05, 0) is 92.7 Å². The van der Waals surface area contributed by atoms with Gasteiger partial charge in [0.25, 0.3) is 0 Å². The predicted octanol–water partition coefficient (Wildman–Crippen LogP) is 10.3. The zero-order chi connectivity index (χ0) is 26.5. The molecule has 0 aliphatic heterocycles. The van der Waals surface area contributed by atoms with Crippen LogP contribution in [0.15, 0.2) is 109 Å². The number of rotatable bonds is 3. The number of nitrogens with zero attached hydrogens (tertiary/aromatic N) is 1. The molecule has 1 nitrogen and oxygen atoms in total. The minimum Gasteiger partial charge on any atom is -0.310 e. The Balaban J connectivity index is 1.62. The van der Waals surface area contributed by atoms with Gasteiger partial charge in [-0.3, -0.25) is 0 Å². The molecule has 0 saturated heterocycles. The second kappa shape index (κ2) is 7.73. The van der Waals surface area contributed by atoms with Crippen LogP contribution in [0.3, 0.4) is 0 Å². The zero-order valence-corrected chi connectivity index (χ0v) is 23.2. The van der Waals surface area contributed by atoms with E-state index < -0.39 is 0 Å². The Kier molecular flexibility index (Phi) is 4.53. The number of benzene rings is 5. The third-order valence-corrected chi connectivity index (χ3v) is 9.60. The maximum atomic E-state index is 2.53. The molecule has 39 heavy (non-hydrogen) atoms. The van der Waals surface area contributed by atoms with E-state index in [9.17, 15) is 0 Å². The molecule has 190 valence electrons. The topological polar surface area (TPSA) is 3.24 Å². The lowest BCUT2D eigenvalue weighted by Crippen LogP contribution is -2.24. The van der Waals surface area contributed by atoms with Crippen molar-refractivity contribution in [1.29, 1.82) is 0 Å². The molecular weight excluding hydrogens is 470 g/mol. The van der Waals surface area contributed by atoms with Crippen LogP contribution < -0.4 is 4.90 Å². The molecule has 0 radical (unpaired) electrons. The van der Waals surface area contributed by atoms with E-state index in [2.05, 4.69) is 136 Å². The number of hydrogen-bond donors (Lipinski definition) is 0. The van der Waals surface area contributed by atoms with Crippen molar-refractivity contribution in [2.75, 3.05) is 4.90 Å². The Morgan fingerprint density at radius 3 is 2.08 bits per heavy atom. The largest absolute Gasteiger partial charge is 0.310 e. The van der Waals surface area contributed by atoms with Crippen molar-refractivity contribution in [2.24, 2.45) is 0 Å². The maximum Gasteiger partial charge on any atom is 0.0549 e. The maximum absolute atomic E-state index is 2.53. The van der Waals surface area contributed by atoms with Crippen LogP contribution in [0.2, 0.25) is 0 Å². The lowest BCUT2D eigenvalue weighted by molar-refractivity contribution is 0.640. The summed E-state index contributed by atoms with van der Waals surface area (Å²) in [6, 6.07) is 32.0. The van der Waals surface area contributed by atoms with Gasteiger partial charge in [-0.25, -0.2) is 0 Å². The van der Waals surface area contributed by atoms with Crippen LogP contribution >= 0.6 is 0 Å². The minimum atomic E-state index is -0.0987. The van der Waals surface area contributed by atoms with Gasteiger partial charge in [-0.1, -0.05) is 101 Å². The van der Waals surface area contributed by atoms with Crippen molar-refractivity contribution in [3.63, 3.8) is 0 Å². The molecule has 5 aromatic rings. The molecule has 0 N–H and O–H groups in total. The van der Waals surface area contributed by atoms with Crippen LogP contribution in [0, 0.1) is 0 Å². The quantitative estimate of drug-likeness (QED) is 0.221. The van der Waals surface area contributed by atoms with Crippen molar-refractivity contribution in [1.82, 2.24) is 0 Å². The average Bonchev–Trinajstić information content (AvgIpc) is 3.19.